The molecule has 1 atom stereocenters. The van der Waals surface area contributed by atoms with E-state index >= 15 is 0 Å². The van der Waals surface area contributed by atoms with Crippen LogP contribution in [0.3, 0.4) is 0 Å². The molecule has 2 aromatic rings. The number of carbonyl (C=O) groups is 1. The molecule has 0 aliphatic rings. The van der Waals surface area contributed by atoms with Gasteiger partial charge in [-0.2, -0.15) is 0 Å². The molecule has 2 N–H and O–H groups in total. The average Bonchev–Trinajstić information content (AvgIpc) is 2.48. The standard InChI is InChI=1S/C14H15FN4O/c1-9(12-5-3-4-6-17-12)19-14(20)11-7-10(15)8-18-13(11)16-2/h3-9H,1-2H3,(H,16,18)(H,19,20). The Morgan fingerprint density at radius 2 is 2.15 bits per heavy atom. The van der Waals surface area contributed by atoms with Crippen LogP contribution >= 0.6 is 0 Å². The second-order valence-electron chi connectivity index (χ2n) is 4.25. The third-order valence-electron chi connectivity index (χ3n) is 2.81. The van der Waals surface area contributed by atoms with E-state index in [9.17, 15) is 9.18 Å². The van der Waals surface area contributed by atoms with Crippen LogP contribution in [0.5, 0.6) is 0 Å². The van der Waals surface area contributed by atoms with Crippen molar-refractivity contribution in [2.75, 3.05) is 12.4 Å². The summed E-state index contributed by atoms with van der Waals surface area (Å²) >= 11 is 0. The van der Waals surface area contributed by atoms with Gasteiger partial charge in [0.1, 0.15) is 11.6 Å². The minimum Gasteiger partial charge on any atom is -0.372 e. The number of amides is 1. The maximum absolute atomic E-state index is 13.2. The molecule has 0 radical (unpaired) electrons. The van der Waals surface area contributed by atoms with Crippen LogP contribution in [0.25, 0.3) is 0 Å². The molecule has 0 fully saturated rings. The van der Waals surface area contributed by atoms with Gasteiger partial charge in [0.2, 0.25) is 0 Å². The van der Waals surface area contributed by atoms with Crippen molar-refractivity contribution in [1.82, 2.24) is 15.3 Å². The Bertz CT molecular complexity index is 603. The number of nitrogens with one attached hydrogen (secondary N) is 2. The zero-order chi connectivity index (χ0) is 14.5. The molecule has 0 saturated heterocycles. The molecular weight excluding hydrogens is 259 g/mol. The van der Waals surface area contributed by atoms with Crippen molar-refractivity contribution in [3.63, 3.8) is 0 Å². The van der Waals surface area contributed by atoms with Crippen molar-refractivity contribution in [2.45, 2.75) is 13.0 Å². The molecule has 0 saturated carbocycles. The maximum Gasteiger partial charge on any atom is 0.255 e. The number of nitrogens with zero attached hydrogens (tertiary/aromatic N) is 2. The van der Waals surface area contributed by atoms with Crippen molar-refractivity contribution in [3.8, 4) is 0 Å². The van der Waals surface area contributed by atoms with Gasteiger partial charge < -0.3 is 10.6 Å². The molecule has 0 aromatic carbocycles. The molecule has 2 rings (SSSR count). The molecule has 0 bridgehead atoms. The molecule has 0 aliphatic carbocycles. The zero-order valence-electron chi connectivity index (χ0n) is 11.2. The van der Waals surface area contributed by atoms with Crippen LogP contribution in [0.2, 0.25) is 0 Å². The third kappa shape index (κ3) is 3.09. The predicted molar refractivity (Wildman–Crippen MR) is 73.9 cm³/mol. The highest BCUT2D eigenvalue weighted by atomic mass is 19.1. The summed E-state index contributed by atoms with van der Waals surface area (Å²) in [5.41, 5.74) is 0.895. The number of anilines is 1. The first kappa shape index (κ1) is 13.9. The molecule has 5 nitrogen and oxygen atoms in total. The monoisotopic (exact) mass is 274 g/mol. The Labute approximate surface area is 116 Å². The smallest absolute Gasteiger partial charge is 0.255 e. The van der Waals surface area contributed by atoms with E-state index in [1.807, 2.05) is 19.1 Å². The lowest BCUT2D eigenvalue weighted by Gasteiger charge is -2.14. The van der Waals surface area contributed by atoms with Crippen LogP contribution in [0.15, 0.2) is 36.7 Å². The van der Waals surface area contributed by atoms with E-state index in [1.165, 1.54) is 0 Å². The summed E-state index contributed by atoms with van der Waals surface area (Å²) in [6.07, 6.45) is 2.71. The van der Waals surface area contributed by atoms with Crippen molar-refractivity contribution in [2.24, 2.45) is 0 Å². The fourth-order valence-corrected chi connectivity index (χ4v) is 1.79. The first-order valence-electron chi connectivity index (χ1n) is 6.17. The van der Waals surface area contributed by atoms with E-state index in [4.69, 9.17) is 0 Å². The minimum absolute atomic E-state index is 0.162. The number of hydrogen-bond acceptors (Lipinski definition) is 4. The topological polar surface area (TPSA) is 66.9 Å². The largest absolute Gasteiger partial charge is 0.372 e. The summed E-state index contributed by atoms with van der Waals surface area (Å²) in [6, 6.07) is 6.32. The van der Waals surface area contributed by atoms with Gasteiger partial charge in [-0.25, -0.2) is 9.37 Å². The van der Waals surface area contributed by atoms with Crippen LogP contribution in [-0.4, -0.2) is 22.9 Å². The van der Waals surface area contributed by atoms with Crippen LogP contribution in [0.1, 0.15) is 29.0 Å². The molecule has 2 heterocycles. The van der Waals surface area contributed by atoms with Crippen LogP contribution in [0, 0.1) is 5.82 Å². The summed E-state index contributed by atoms with van der Waals surface area (Å²) in [7, 11) is 1.62. The van der Waals surface area contributed by atoms with E-state index in [1.54, 1.807) is 19.3 Å². The molecule has 0 spiro atoms. The predicted octanol–water partition coefficient (Wildman–Crippen LogP) is 2.15. The van der Waals surface area contributed by atoms with Crippen molar-refractivity contribution in [1.29, 1.82) is 0 Å². The highest BCUT2D eigenvalue weighted by molar-refractivity contribution is 5.98. The van der Waals surface area contributed by atoms with Gasteiger partial charge in [0, 0.05) is 13.2 Å². The Morgan fingerprint density at radius 3 is 2.80 bits per heavy atom. The van der Waals surface area contributed by atoms with Gasteiger partial charge in [0.25, 0.3) is 5.91 Å². The molecule has 1 unspecified atom stereocenters. The van der Waals surface area contributed by atoms with Gasteiger partial charge in [0.15, 0.2) is 0 Å². The molecular formula is C14H15FN4O. The summed E-state index contributed by atoms with van der Waals surface area (Å²) in [4.78, 5) is 20.2. The van der Waals surface area contributed by atoms with E-state index in [0.29, 0.717) is 5.82 Å². The summed E-state index contributed by atoms with van der Waals surface area (Å²) in [5, 5.41) is 5.53. The number of halogens is 1. The van der Waals surface area contributed by atoms with E-state index in [-0.39, 0.29) is 11.6 Å². The van der Waals surface area contributed by atoms with Gasteiger partial charge in [0.05, 0.1) is 23.5 Å². The maximum atomic E-state index is 13.2. The molecule has 104 valence electrons. The van der Waals surface area contributed by atoms with Crippen molar-refractivity contribution >= 4 is 11.7 Å². The summed E-state index contributed by atoms with van der Waals surface area (Å²) in [6.45, 7) is 1.81. The molecule has 0 aliphatic heterocycles. The fourth-order valence-electron chi connectivity index (χ4n) is 1.79. The second kappa shape index (κ2) is 6.10. The van der Waals surface area contributed by atoms with Gasteiger partial charge in [-0.1, -0.05) is 6.07 Å². The van der Waals surface area contributed by atoms with E-state index < -0.39 is 11.7 Å². The van der Waals surface area contributed by atoms with Gasteiger partial charge in [-0.3, -0.25) is 9.78 Å². The molecule has 1 amide bonds. The molecule has 6 heteroatoms. The fraction of sp³-hybridized carbons (Fsp3) is 0.214. The van der Waals surface area contributed by atoms with Gasteiger partial charge >= 0.3 is 0 Å². The lowest BCUT2D eigenvalue weighted by atomic mass is 10.2. The minimum atomic E-state index is -0.556. The molecule has 20 heavy (non-hydrogen) atoms. The van der Waals surface area contributed by atoms with Gasteiger partial charge in [-0.15, -0.1) is 0 Å². The van der Waals surface area contributed by atoms with Crippen molar-refractivity contribution in [3.05, 3.63) is 53.7 Å². The quantitative estimate of drug-likeness (QED) is 0.896. The normalized spacial score (nSPS) is 11.8. The van der Waals surface area contributed by atoms with Crippen LogP contribution in [-0.2, 0) is 0 Å². The van der Waals surface area contributed by atoms with Gasteiger partial charge in [-0.05, 0) is 25.1 Å². The number of aromatic nitrogens is 2. The van der Waals surface area contributed by atoms with E-state index in [2.05, 4.69) is 20.6 Å². The highest BCUT2D eigenvalue weighted by Crippen LogP contribution is 2.15. The van der Waals surface area contributed by atoms with Crippen molar-refractivity contribution < 1.29 is 9.18 Å². The first-order chi connectivity index (χ1) is 9.61. The Kier molecular flexibility index (Phi) is 4.24. The third-order valence-corrected chi connectivity index (χ3v) is 2.81. The average molecular weight is 274 g/mol. The van der Waals surface area contributed by atoms with E-state index in [0.717, 1.165) is 18.0 Å². The Hall–Kier alpha value is -2.50. The zero-order valence-corrected chi connectivity index (χ0v) is 11.2. The van der Waals surface area contributed by atoms with Crippen LogP contribution in [0.4, 0.5) is 10.2 Å². The van der Waals surface area contributed by atoms with Crippen LogP contribution < -0.4 is 10.6 Å². The second-order valence-corrected chi connectivity index (χ2v) is 4.25. The summed E-state index contributed by atoms with van der Waals surface area (Å²) in [5.74, 6) is -0.628. The highest BCUT2D eigenvalue weighted by Gasteiger charge is 2.16. The molecule has 2 aromatic heterocycles. The number of pyridine rings is 2. The SMILES string of the molecule is CNc1ncc(F)cc1C(=O)NC(C)c1ccccn1. The number of hydrogen-bond donors (Lipinski definition) is 2. The number of carbonyl (C=O) groups excluding carboxylic acids is 1. The Morgan fingerprint density at radius 1 is 1.35 bits per heavy atom. The summed E-state index contributed by atoms with van der Waals surface area (Å²) < 4.78 is 13.2. The lowest BCUT2D eigenvalue weighted by molar-refractivity contribution is 0.0939. The number of rotatable bonds is 4. The first-order valence-corrected chi connectivity index (χ1v) is 6.17. The lowest BCUT2D eigenvalue weighted by Crippen LogP contribution is -2.28. The Balaban J connectivity index is 2.18.